The molecular weight excluding hydrogens is 482 g/mol. The second-order valence-corrected chi connectivity index (χ2v) is 9.03. The number of hydrogen-bond donors (Lipinski definition) is 1. The first-order valence-corrected chi connectivity index (χ1v) is 12.9. The molecule has 0 bridgehead atoms. The Hall–Kier alpha value is -4.43. The molecule has 5 aromatic rings. The zero-order valence-corrected chi connectivity index (χ0v) is 21.1. The van der Waals surface area contributed by atoms with Crippen LogP contribution >= 0.6 is 11.8 Å². The lowest BCUT2D eigenvalue weighted by Gasteiger charge is -2.11. The quantitative estimate of drug-likeness (QED) is 0.157. The Bertz CT molecular complexity index is 1530. The van der Waals surface area contributed by atoms with Gasteiger partial charge in [0.15, 0.2) is 11.0 Å². The topological polar surface area (TPSA) is 81.4 Å². The van der Waals surface area contributed by atoms with Gasteiger partial charge in [0.2, 0.25) is 0 Å². The van der Waals surface area contributed by atoms with Crippen molar-refractivity contribution in [2.24, 2.45) is 5.10 Å². The van der Waals surface area contributed by atoms with Gasteiger partial charge in [-0.05, 0) is 42.0 Å². The van der Waals surface area contributed by atoms with Crippen molar-refractivity contribution in [2.75, 3.05) is 12.4 Å². The molecule has 0 aliphatic carbocycles. The molecule has 0 saturated heterocycles. The summed E-state index contributed by atoms with van der Waals surface area (Å²) in [6.45, 7) is 2.55. The van der Waals surface area contributed by atoms with Crippen LogP contribution in [0.15, 0.2) is 107 Å². The van der Waals surface area contributed by atoms with E-state index in [1.807, 2.05) is 109 Å². The van der Waals surface area contributed by atoms with Crippen molar-refractivity contribution in [1.29, 1.82) is 0 Å². The van der Waals surface area contributed by atoms with Crippen LogP contribution < -0.4 is 10.2 Å². The van der Waals surface area contributed by atoms with Crippen LogP contribution in [-0.2, 0) is 4.79 Å². The number of nitrogens with zero attached hydrogens (tertiary/aromatic N) is 4. The fourth-order valence-corrected chi connectivity index (χ4v) is 4.67. The Morgan fingerprint density at radius 2 is 1.70 bits per heavy atom. The van der Waals surface area contributed by atoms with Gasteiger partial charge in [-0.15, -0.1) is 10.2 Å². The van der Waals surface area contributed by atoms with Crippen LogP contribution in [0.5, 0.6) is 5.75 Å². The average molecular weight is 508 g/mol. The van der Waals surface area contributed by atoms with E-state index in [1.54, 1.807) is 6.21 Å². The highest BCUT2D eigenvalue weighted by atomic mass is 32.2. The van der Waals surface area contributed by atoms with E-state index in [0.29, 0.717) is 17.6 Å². The maximum absolute atomic E-state index is 12.6. The maximum Gasteiger partial charge on any atom is 0.250 e. The number of carbonyl (C=O) groups is 1. The first-order chi connectivity index (χ1) is 18.2. The number of fused-ring (bicyclic) bond motifs is 1. The van der Waals surface area contributed by atoms with E-state index in [-0.39, 0.29) is 11.7 Å². The van der Waals surface area contributed by atoms with Gasteiger partial charge in [0.1, 0.15) is 5.75 Å². The lowest BCUT2D eigenvalue weighted by molar-refractivity contribution is -0.118. The van der Waals surface area contributed by atoms with Gasteiger partial charge in [-0.3, -0.25) is 9.36 Å². The standard InChI is InChI=1S/C29H25N5O2S/c1-2-36-25-17-15-24(16-18-25)34-28(22-10-4-3-5-11-22)32-33-29(34)37-20-27(35)31-30-19-23-13-8-12-21-9-6-7-14-26(21)23/h3-19H,2,20H2,1H3,(H,31,35)/b30-19-. The molecule has 0 spiro atoms. The van der Waals surface area contributed by atoms with Gasteiger partial charge in [-0.1, -0.05) is 84.6 Å². The number of hydrogen-bond acceptors (Lipinski definition) is 6. The van der Waals surface area contributed by atoms with Crippen molar-refractivity contribution in [2.45, 2.75) is 12.1 Å². The number of ether oxygens (including phenoxy) is 1. The summed E-state index contributed by atoms with van der Waals surface area (Å²) in [4.78, 5) is 12.6. The van der Waals surface area contributed by atoms with Crippen LogP contribution in [0.1, 0.15) is 12.5 Å². The first-order valence-electron chi connectivity index (χ1n) is 11.9. The number of benzene rings is 4. The lowest BCUT2D eigenvalue weighted by atomic mass is 10.1. The Morgan fingerprint density at radius 1 is 0.946 bits per heavy atom. The molecule has 8 heteroatoms. The molecule has 0 saturated carbocycles. The van der Waals surface area contributed by atoms with E-state index in [0.717, 1.165) is 33.3 Å². The summed E-state index contributed by atoms with van der Waals surface area (Å²) in [5.41, 5.74) is 5.37. The molecule has 0 atom stereocenters. The van der Waals surface area contributed by atoms with E-state index in [9.17, 15) is 4.79 Å². The number of thioether (sulfide) groups is 1. The lowest BCUT2D eigenvalue weighted by Crippen LogP contribution is -2.20. The summed E-state index contributed by atoms with van der Waals surface area (Å²) in [6.07, 6.45) is 1.67. The zero-order valence-electron chi connectivity index (χ0n) is 20.2. The molecular formula is C29H25N5O2S. The Labute approximate surface area is 219 Å². The van der Waals surface area contributed by atoms with Crippen molar-refractivity contribution in [1.82, 2.24) is 20.2 Å². The van der Waals surface area contributed by atoms with Crippen LogP contribution in [0.2, 0.25) is 0 Å². The fraction of sp³-hybridized carbons (Fsp3) is 0.103. The Kier molecular flexibility index (Phi) is 7.57. The molecule has 0 radical (unpaired) electrons. The Balaban J connectivity index is 1.32. The van der Waals surface area contributed by atoms with Crippen molar-refractivity contribution >= 4 is 34.7 Å². The Morgan fingerprint density at radius 3 is 2.51 bits per heavy atom. The van der Waals surface area contributed by atoms with Crippen LogP contribution in [0.3, 0.4) is 0 Å². The molecule has 0 aliphatic heterocycles. The van der Waals surface area contributed by atoms with Gasteiger partial charge in [0, 0.05) is 16.8 Å². The van der Waals surface area contributed by atoms with Gasteiger partial charge >= 0.3 is 0 Å². The monoisotopic (exact) mass is 507 g/mol. The van der Waals surface area contributed by atoms with Crippen LogP contribution in [0, 0.1) is 0 Å². The van der Waals surface area contributed by atoms with Crippen LogP contribution in [-0.4, -0.2) is 39.2 Å². The zero-order chi connectivity index (χ0) is 25.5. The van der Waals surface area contributed by atoms with E-state index in [4.69, 9.17) is 4.74 Å². The number of hydrazone groups is 1. The highest BCUT2D eigenvalue weighted by Crippen LogP contribution is 2.29. The highest BCUT2D eigenvalue weighted by molar-refractivity contribution is 7.99. The molecule has 184 valence electrons. The minimum atomic E-state index is -0.232. The number of carbonyl (C=O) groups excluding carboxylic acids is 1. The number of aromatic nitrogens is 3. The van der Waals surface area contributed by atoms with Gasteiger partial charge in [-0.25, -0.2) is 5.43 Å². The van der Waals surface area contributed by atoms with Crippen LogP contribution in [0.25, 0.3) is 27.8 Å². The molecule has 0 aliphatic rings. The molecule has 0 unspecified atom stereocenters. The summed E-state index contributed by atoms with van der Waals surface area (Å²) in [5, 5.41) is 15.8. The molecule has 5 rings (SSSR count). The highest BCUT2D eigenvalue weighted by Gasteiger charge is 2.17. The number of rotatable bonds is 9. The normalized spacial score (nSPS) is 11.2. The molecule has 1 amide bonds. The summed E-state index contributed by atoms with van der Waals surface area (Å²) >= 11 is 1.30. The number of nitrogens with one attached hydrogen (secondary N) is 1. The predicted molar refractivity (Wildman–Crippen MR) is 148 cm³/mol. The second-order valence-electron chi connectivity index (χ2n) is 8.08. The van der Waals surface area contributed by atoms with E-state index < -0.39 is 0 Å². The SMILES string of the molecule is CCOc1ccc(-n2c(SCC(=O)N/N=C\c3cccc4ccccc34)nnc2-c2ccccc2)cc1. The van der Waals surface area contributed by atoms with Crippen molar-refractivity contribution in [3.8, 4) is 22.8 Å². The largest absolute Gasteiger partial charge is 0.494 e. The smallest absolute Gasteiger partial charge is 0.250 e. The van der Waals surface area contributed by atoms with Crippen molar-refractivity contribution < 1.29 is 9.53 Å². The van der Waals surface area contributed by atoms with Crippen molar-refractivity contribution in [3.63, 3.8) is 0 Å². The van der Waals surface area contributed by atoms with E-state index >= 15 is 0 Å². The molecule has 4 aromatic carbocycles. The van der Waals surface area contributed by atoms with Gasteiger partial charge in [0.05, 0.1) is 18.6 Å². The molecule has 7 nitrogen and oxygen atoms in total. The fourth-order valence-electron chi connectivity index (χ4n) is 3.93. The average Bonchev–Trinajstić information content (AvgIpc) is 3.37. The third kappa shape index (κ3) is 5.70. The molecule has 1 N–H and O–H groups in total. The second kappa shape index (κ2) is 11.5. The molecule has 37 heavy (non-hydrogen) atoms. The van der Waals surface area contributed by atoms with Gasteiger partial charge < -0.3 is 4.74 Å². The van der Waals surface area contributed by atoms with Crippen molar-refractivity contribution in [3.05, 3.63) is 103 Å². The number of amides is 1. The van der Waals surface area contributed by atoms with E-state index in [1.165, 1.54) is 11.8 Å². The van der Waals surface area contributed by atoms with Crippen LogP contribution in [0.4, 0.5) is 0 Å². The summed E-state index contributed by atoms with van der Waals surface area (Å²) in [6, 6.07) is 31.6. The molecule has 1 heterocycles. The predicted octanol–water partition coefficient (Wildman–Crippen LogP) is 5.73. The third-order valence-electron chi connectivity index (χ3n) is 5.62. The molecule has 1 aromatic heterocycles. The minimum Gasteiger partial charge on any atom is -0.494 e. The molecule has 0 fully saturated rings. The first kappa shape index (κ1) is 24.3. The van der Waals surface area contributed by atoms with Gasteiger partial charge in [0.25, 0.3) is 5.91 Å². The minimum absolute atomic E-state index is 0.136. The summed E-state index contributed by atoms with van der Waals surface area (Å²) in [5.74, 6) is 1.39. The maximum atomic E-state index is 12.6. The van der Waals surface area contributed by atoms with Gasteiger partial charge in [-0.2, -0.15) is 5.10 Å². The summed E-state index contributed by atoms with van der Waals surface area (Å²) < 4.78 is 7.53. The van der Waals surface area contributed by atoms with E-state index in [2.05, 4.69) is 20.7 Å². The summed E-state index contributed by atoms with van der Waals surface area (Å²) in [7, 11) is 0. The third-order valence-corrected chi connectivity index (χ3v) is 6.55.